The molecule has 2 fully saturated rings. The second kappa shape index (κ2) is 5.67. The zero-order chi connectivity index (χ0) is 11.4. The number of nitrogens with zero attached hydrogens (tertiary/aromatic N) is 2. The summed E-state index contributed by atoms with van der Waals surface area (Å²) in [6.45, 7) is 2.88. The van der Waals surface area contributed by atoms with Crippen LogP contribution in [0.2, 0.25) is 0 Å². The van der Waals surface area contributed by atoms with Crippen LogP contribution in [0, 0.1) is 0 Å². The maximum atomic E-state index is 12.1. The molecule has 3 heteroatoms. The smallest absolute Gasteiger partial charge is 0.236 e. The molecule has 1 amide bonds. The second-order valence-corrected chi connectivity index (χ2v) is 5.28. The summed E-state index contributed by atoms with van der Waals surface area (Å²) in [6, 6.07) is 0.517. The van der Waals surface area contributed by atoms with Crippen LogP contribution in [0.5, 0.6) is 0 Å². The molecular weight excluding hydrogens is 200 g/mol. The molecule has 16 heavy (non-hydrogen) atoms. The molecule has 1 heterocycles. The van der Waals surface area contributed by atoms with E-state index in [9.17, 15) is 4.79 Å². The van der Waals surface area contributed by atoms with Gasteiger partial charge in [0.2, 0.25) is 5.91 Å². The van der Waals surface area contributed by atoms with Gasteiger partial charge in [-0.15, -0.1) is 0 Å². The first kappa shape index (κ1) is 11.9. The topological polar surface area (TPSA) is 23.6 Å². The van der Waals surface area contributed by atoms with Crippen molar-refractivity contribution in [1.82, 2.24) is 9.80 Å². The highest BCUT2D eigenvalue weighted by atomic mass is 16.2. The number of rotatable bonds is 3. The molecule has 0 aromatic carbocycles. The first-order valence-corrected chi connectivity index (χ1v) is 6.75. The van der Waals surface area contributed by atoms with Crippen molar-refractivity contribution in [2.75, 3.05) is 26.7 Å². The maximum Gasteiger partial charge on any atom is 0.236 e. The highest BCUT2D eigenvalue weighted by Gasteiger charge is 2.24. The highest BCUT2D eigenvalue weighted by molar-refractivity contribution is 5.78. The fourth-order valence-electron chi connectivity index (χ4n) is 2.92. The summed E-state index contributed by atoms with van der Waals surface area (Å²) in [5.74, 6) is 0.328. The molecule has 1 saturated carbocycles. The van der Waals surface area contributed by atoms with Crippen molar-refractivity contribution >= 4 is 5.91 Å². The van der Waals surface area contributed by atoms with Crippen molar-refractivity contribution in [2.24, 2.45) is 0 Å². The minimum atomic E-state index is 0.328. The van der Waals surface area contributed by atoms with Crippen LogP contribution in [0.1, 0.15) is 44.9 Å². The Labute approximate surface area is 98.8 Å². The molecule has 0 aromatic heterocycles. The SMILES string of the molecule is CN(C(=O)CN1CCCC1)C1CCCCC1. The van der Waals surface area contributed by atoms with Crippen molar-refractivity contribution in [3.8, 4) is 0 Å². The number of likely N-dealkylation sites (N-methyl/N-ethyl adjacent to an activating group) is 1. The zero-order valence-corrected chi connectivity index (χ0v) is 10.5. The van der Waals surface area contributed by atoms with E-state index in [1.54, 1.807) is 0 Å². The lowest BCUT2D eigenvalue weighted by atomic mass is 9.94. The lowest BCUT2D eigenvalue weighted by molar-refractivity contribution is -0.133. The molecule has 0 aromatic rings. The van der Waals surface area contributed by atoms with Crippen LogP contribution in [0.25, 0.3) is 0 Å². The molecule has 0 bridgehead atoms. The fraction of sp³-hybridized carbons (Fsp3) is 0.923. The summed E-state index contributed by atoms with van der Waals surface area (Å²) < 4.78 is 0. The van der Waals surface area contributed by atoms with E-state index in [-0.39, 0.29) is 0 Å². The third-order valence-electron chi connectivity index (χ3n) is 4.07. The van der Waals surface area contributed by atoms with Crippen LogP contribution < -0.4 is 0 Å². The molecule has 1 aliphatic heterocycles. The first-order chi connectivity index (χ1) is 7.77. The van der Waals surface area contributed by atoms with Gasteiger partial charge < -0.3 is 4.90 Å². The van der Waals surface area contributed by atoms with Crippen molar-refractivity contribution in [3.63, 3.8) is 0 Å². The largest absolute Gasteiger partial charge is 0.342 e. The molecule has 1 aliphatic carbocycles. The standard InChI is InChI=1S/C13H24N2O/c1-14(12-7-3-2-4-8-12)13(16)11-15-9-5-6-10-15/h12H,2-11H2,1H3. The Morgan fingerprint density at radius 2 is 1.75 bits per heavy atom. The minimum absolute atomic E-state index is 0.328. The molecule has 0 radical (unpaired) electrons. The predicted octanol–water partition coefficient (Wildman–Crippen LogP) is 1.87. The minimum Gasteiger partial charge on any atom is -0.342 e. The number of hydrogen-bond donors (Lipinski definition) is 0. The van der Waals surface area contributed by atoms with Gasteiger partial charge in [-0.2, -0.15) is 0 Å². The van der Waals surface area contributed by atoms with Crippen molar-refractivity contribution < 1.29 is 4.79 Å². The third-order valence-corrected chi connectivity index (χ3v) is 4.07. The van der Waals surface area contributed by atoms with Gasteiger partial charge in [-0.05, 0) is 38.8 Å². The van der Waals surface area contributed by atoms with Gasteiger partial charge in [0.1, 0.15) is 0 Å². The van der Waals surface area contributed by atoms with Gasteiger partial charge in [-0.25, -0.2) is 0 Å². The van der Waals surface area contributed by atoms with Gasteiger partial charge in [0.05, 0.1) is 6.54 Å². The van der Waals surface area contributed by atoms with Crippen molar-refractivity contribution in [1.29, 1.82) is 0 Å². The first-order valence-electron chi connectivity index (χ1n) is 6.75. The molecule has 0 unspecified atom stereocenters. The van der Waals surface area contributed by atoms with Gasteiger partial charge in [0, 0.05) is 13.1 Å². The Kier molecular flexibility index (Phi) is 4.22. The van der Waals surface area contributed by atoms with E-state index in [0.29, 0.717) is 18.5 Å². The molecular formula is C13H24N2O. The fourth-order valence-corrected chi connectivity index (χ4v) is 2.92. The van der Waals surface area contributed by atoms with Gasteiger partial charge in [0.15, 0.2) is 0 Å². The summed E-state index contributed by atoms with van der Waals surface area (Å²) in [4.78, 5) is 16.4. The average Bonchev–Trinajstić information content (AvgIpc) is 2.82. The van der Waals surface area contributed by atoms with E-state index in [1.807, 2.05) is 11.9 Å². The summed E-state index contributed by atoms with van der Waals surface area (Å²) in [6.07, 6.45) is 8.90. The summed E-state index contributed by atoms with van der Waals surface area (Å²) >= 11 is 0. The van der Waals surface area contributed by atoms with Gasteiger partial charge in [-0.1, -0.05) is 19.3 Å². The highest BCUT2D eigenvalue weighted by Crippen LogP contribution is 2.21. The van der Waals surface area contributed by atoms with E-state index >= 15 is 0 Å². The van der Waals surface area contributed by atoms with Crippen LogP contribution in [0.4, 0.5) is 0 Å². The molecule has 1 saturated heterocycles. The maximum absolute atomic E-state index is 12.1. The van der Waals surface area contributed by atoms with Gasteiger partial charge >= 0.3 is 0 Å². The third kappa shape index (κ3) is 2.97. The number of hydrogen-bond acceptors (Lipinski definition) is 2. The molecule has 0 atom stereocenters. The quantitative estimate of drug-likeness (QED) is 0.730. The van der Waals surface area contributed by atoms with E-state index in [1.165, 1.54) is 44.9 Å². The Morgan fingerprint density at radius 3 is 2.38 bits per heavy atom. The normalized spacial score (nSPS) is 23.6. The molecule has 0 N–H and O–H groups in total. The van der Waals surface area contributed by atoms with Crippen LogP contribution in [0.3, 0.4) is 0 Å². The van der Waals surface area contributed by atoms with E-state index in [0.717, 1.165) is 13.1 Å². The van der Waals surface area contributed by atoms with E-state index in [2.05, 4.69) is 4.90 Å². The van der Waals surface area contributed by atoms with Crippen LogP contribution in [-0.4, -0.2) is 48.4 Å². The molecule has 92 valence electrons. The van der Waals surface area contributed by atoms with Gasteiger partial charge in [-0.3, -0.25) is 9.69 Å². The van der Waals surface area contributed by atoms with Crippen molar-refractivity contribution in [3.05, 3.63) is 0 Å². The predicted molar refractivity (Wildman–Crippen MR) is 65.3 cm³/mol. The van der Waals surface area contributed by atoms with Crippen LogP contribution >= 0.6 is 0 Å². The Morgan fingerprint density at radius 1 is 1.12 bits per heavy atom. The zero-order valence-electron chi connectivity index (χ0n) is 10.5. The lowest BCUT2D eigenvalue weighted by Crippen LogP contribution is -2.43. The lowest BCUT2D eigenvalue weighted by Gasteiger charge is -2.32. The Hall–Kier alpha value is -0.570. The molecule has 2 aliphatic rings. The average molecular weight is 224 g/mol. The van der Waals surface area contributed by atoms with Crippen LogP contribution in [0.15, 0.2) is 0 Å². The number of carbonyl (C=O) groups excluding carboxylic acids is 1. The van der Waals surface area contributed by atoms with E-state index in [4.69, 9.17) is 0 Å². The Balaban J connectivity index is 1.78. The molecule has 3 nitrogen and oxygen atoms in total. The molecule has 0 spiro atoms. The van der Waals surface area contributed by atoms with Crippen LogP contribution in [-0.2, 0) is 4.79 Å². The molecule has 2 rings (SSSR count). The number of likely N-dealkylation sites (tertiary alicyclic amines) is 1. The summed E-state index contributed by atoms with van der Waals surface area (Å²) in [7, 11) is 1.99. The number of carbonyl (C=O) groups is 1. The Bertz CT molecular complexity index is 230. The van der Waals surface area contributed by atoms with Gasteiger partial charge in [0.25, 0.3) is 0 Å². The summed E-state index contributed by atoms with van der Waals surface area (Å²) in [5.41, 5.74) is 0. The summed E-state index contributed by atoms with van der Waals surface area (Å²) in [5, 5.41) is 0. The van der Waals surface area contributed by atoms with Crippen molar-refractivity contribution in [2.45, 2.75) is 51.0 Å². The second-order valence-electron chi connectivity index (χ2n) is 5.28. The van der Waals surface area contributed by atoms with E-state index < -0.39 is 0 Å². The monoisotopic (exact) mass is 224 g/mol. The number of amides is 1.